The van der Waals surface area contributed by atoms with Crippen molar-refractivity contribution < 1.29 is 29.2 Å². The van der Waals surface area contributed by atoms with Gasteiger partial charge in [-0.3, -0.25) is 0 Å². The molecule has 186 valence electrons. The first-order valence-corrected chi connectivity index (χ1v) is 12.7. The number of aliphatic hydroxyl groups excluding tert-OH is 1. The summed E-state index contributed by atoms with van der Waals surface area (Å²) in [5, 5.41) is 22.2. The van der Waals surface area contributed by atoms with Gasteiger partial charge in [0.15, 0.2) is 12.4 Å². The third kappa shape index (κ3) is 4.22. The third-order valence-electron chi connectivity index (χ3n) is 9.17. The average molecular weight is 463 g/mol. The van der Waals surface area contributed by atoms with Gasteiger partial charge in [-0.25, -0.2) is 4.79 Å². The molecule has 2 aliphatic carbocycles. The Balaban J connectivity index is 1.52. The molecule has 2 saturated carbocycles. The zero-order valence-corrected chi connectivity index (χ0v) is 21.1. The summed E-state index contributed by atoms with van der Waals surface area (Å²) >= 11 is 0. The first kappa shape index (κ1) is 24.9. The van der Waals surface area contributed by atoms with E-state index in [0.717, 1.165) is 43.3 Å². The Morgan fingerprint density at radius 2 is 2.00 bits per heavy atom. The SMILES string of the molecule is CCO[C@H]1O[C@H]2C[C@@](C)(O)[C@H](CC/C(C)=C/[C@H](O)[C@H]3OC(=O)C=C3C)[C@@]3(C)CCC[C@]1(C)[C@H]23. The Labute approximate surface area is 198 Å². The number of hydrogen-bond donors (Lipinski definition) is 2. The van der Waals surface area contributed by atoms with Crippen LogP contribution in [0.15, 0.2) is 23.3 Å². The lowest BCUT2D eigenvalue weighted by Crippen LogP contribution is -2.61. The van der Waals surface area contributed by atoms with Crippen molar-refractivity contribution in [1.29, 1.82) is 0 Å². The van der Waals surface area contributed by atoms with Crippen LogP contribution in [0.25, 0.3) is 0 Å². The predicted molar refractivity (Wildman–Crippen MR) is 125 cm³/mol. The normalized spacial score (nSPS) is 46.1. The number of carbonyl (C=O) groups excluding carboxylic acids is 1. The summed E-state index contributed by atoms with van der Waals surface area (Å²) in [6, 6.07) is 0. The van der Waals surface area contributed by atoms with Gasteiger partial charge in [0, 0.05) is 30.4 Å². The molecule has 9 atom stereocenters. The molecular formula is C27H42O6. The van der Waals surface area contributed by atoms with Crippen LogP contribution in [0.3, 0.4) is 0 Å². The van der Waals surface area contributed by atoms with Gasteiger partial charge < -0.3 is 24.4 Å². The summed E-state index contributed by atoms with van der Waals surface area (Å²) in [4.78, 5) is 11.5. The molecule has 0 aromatic carbocycles. The van der Waals surface area contributed by atoms with Crippen molar-refractivity contribution in [2.75, 3.05) is 6.61 Å². The van der Waals surface area contributed by atoms with Gasteiger partial charge in [0.05, 0.1) is 11.7 Å². The summed E-state index contributed by atoms with van der Waals surface area (Å²) in [5.41, 5.74) is 0.906. The van der Waals surface area contributed by atoms with E-state index < -0.39 is 23.8 Å². The molecule has 6 heteroatoms. The van der Waals surface area contributed by atoms with Crippen molar-refractivity contribution >= 4 is 5.97 Å². The van der Waals surface area contributed by atoms with Crippen LogP contribution in [0.4, 0.5) is 0 Å². The topological polar surface area (TPSA) is 85.2 Å². The molecule has 33 heavy (non-hydrogen) atoms. The highest BCUT2D eigenvalue weighted by molar-refractivity contribution is 5.85. The van der Waals surface area contributed by atoms with Gasteiger partial charge >= 0.3 is 5.97 Å². The highest BCUT2D eigenvalue weighted by Gasteiger charge is 2.68. The van der Waals surface area contributed by atoms with Crippen LogP contribution in [0.1, 0.15) is 80.1 Å². The summed E-state index contributed by atoms with van der Waals surface area (Å²) < 4.78 is 17.7. The predicted octanol–water partition coefficient (Wildman–Crippen LogP) is 4.29. The molecule has 1 saturated heterocycles. The molecule has 6 nitrogen and oxygen atoms in total. The molecule has 2 heterocycles. The Kier molecular flexibility index (Phi) is 6.62. The lowest BCUT2D eigenvalue weighted by Gasteiger charge is -2.60. The van der Waals surface area contributed by atoms with Crippen LogP contribution >= 0.6 is 0 Å². The Morgan fingerprint density at radius 1 is 1.30 bits per heavy atom. The van der Waals surface area contributed by atoms with Crippen molar-refractivity contribution in [3.8, 4) is 0 Å². The van der Waals surface area contributed by atoms with Crippen molar-refractivity contribution in [3.05, 3.63) is 23.3 Å². The molecule has 0 unspecified atom stereocenters. The summed E-state index contributed by atoms with van der Waals surface area (Å²) in [7, 11) is 0. The number of cyclic esters (lactones) is 1. The minimum Gasteiger partial charge on any atom is -0.452 e. The van der Waals surface area contributed by atoms with Gasteiger partial charge in [-0.15, -0.1) is 0 Å². The summed E-state index contributed by atoms with van der Waals surface area (Å²) in [5.74, 6) is 0.0928. The van der Waals surface area contributed by atoms with E-state index in [4.69, 9.17) is 14.2 Å². The molecule has 4 rings (SSSR count). The smallest absolute Gasteiger partial charge is 0.331 e. The first-order valence-electron chi connectivity index (χ1n) is 12.7. The summed E-state index contributed by atoms with van der Waals surface area (Å²) in [6.07, 6.45) is 7.15. The van der Waals surface area contributed by atoms with Crippen molar-refractivity contribution in [2.24, 2.45) is 22.7 Å². The fourth-order valence-corrected chi connectivity index (χ4v) is 7.95. The quantitative estimate of drug-likeness (QED) is 0.434. The van der Waals surface area contributed by atoms with Crippen molar-refractivity contribution in [2.45, 2.75) is 110 Å². The molecule has 0 aromatic rings. The van der Waals surface area contributed by atoms with Gasteiger partial charge in [-0.05, 0) is 70.3 Å². The number of hydrogen-bond acceptors (Lipinski definition) is 6. The van der Waals surface area contributed by atoms with E-state index in [9.17, 15) is 15.0 Å². The summed E-state index contributed by atoms with van der Waals surface area (Å²) in [6.45, 7) is 13.1. The second kappa shape index (κ2) is 8.78. The molecule has 0 aromatic heterocycles. The van der Waals surface area contributed by atoms with Gasteiger partial charge in [-0.2, -0.15) is 0 Å². The fraction of sp³-hybridized carbons (Fsp3) is 0.815. The van der Waals surface area contributed by atoms with Crippen LogP contribution in [0.2, 0.25) is 0 Å². The number of carbonyl (C=O) groups is 1. The molecule has 4 aliphatic rings. The van der Waals surface area contributed by atoms with E-state index in [1.54, 1.807) is 13.0 Å². The van der Waals surface area contributed by atoms with Crippen molar-refractivity contribution in [3.63, 3.8) is 0 Å². The van der Waals surface area contributed by atoms with Crippen LogP contribution in [-0.4, -0.2) is 53.0 Å². The van der Waals surface area contributed by atoms with Crippen LogP contribution in [0, 0.1) is 22.7 Å². The average Bonchev–Trinajstić information content (AvgIpc) is 3.17. The number of ether oxygens (including phenoxy) is 3. The zero-order valence-electron chi connectivity index (χ0n) is 21.1. The second-order valence-electron chi connectivity index (χ2n) is 11.7. The largest absolute Gasteiger partial charge is 0.452 e. The lowest BCUT2D eigenvalue weighted by atomic mass is 9.44. The molecule has 0 spiro atoms. The van der Waals surface area contributed by atoms with E-state index in [1.165, 1.54) is 6.08 Å². The maximum absolute atomic E-state index is 11.6. The number of esters is 1. The molecule has 2 N–H and O–H groups in total. The molecular weight excluding hydrogens is 420 g/mol. The van der Waals surface area contributed by atoms with Crippen LogP contribution < -0.4 is 0 Å². The van der Waals surface area contributed by atoms with Crippen molar-refractivity contribution in [1.82, 2.24) is 0 Å². The minimum absolute atomic E-state index is 0.0216. The highest BCUT2D eigenvalue weighted by Crippen LogP contribution is 2.68. The highest BCUT2D eigenvalue weighted by atomic mass is 16.7. The van der Waals surface area contributed by atoms with Gasteiger partial charge in [-0.1, -0.05) is 31.9 Å². The van der Waals surface area contributed by atoms with E-state index in [-0.39, 0.29) is 29.1 Å². The van der Waals surface area contributed by atoms with Crippen LogP contribution in [-0.2, 0) is 19.0 Å². The molecule has 0 bridgehead atoms. The van der Waals surface area contributed by atoms with Gasteiger partial charge in [0.25, 0.3) is 0 Å². The zero-order chi connectivity index (χ0) is 24.2. The Hall–Kier alpha value is -1.21. The maximum Gasteiger partial charge on any atom is 0.331 e. The van der Waals surface area contributed by atoms with E-state index >= 15 is 0 Å². The molecule has 0 amide bonds. The number of rotatable bonds is 7. The van der Waals surface area contributed by atoms with Gasteiger partial charge in [0.2, 0.25) is 0 Å². The fourth-order valence-electron chi connectivity index (χ4n) is 7.95. The molecule has 3 fully saturated rings. The van der Waals surface area contributed by atoms with Crippen LogP contribution in [0.5, 0.6) is 0 Å². The van der Waals surface area contributed by atoms with E-state index in [1.807, 2.05) is 20.8 Å². The van der Waals surface area contributed by atoms with Gasteiger partial charge in [0.1, 0.15) is 6.10 Å². The molecule has 2 aliphatic heterocycles. The standard InChI is InChI=1S/C27H42O6/c1-7-31-24-26(5)12-8-11-25(4)20(27(6,30)15-19(32-24)23(25)26)10-9-16(2)13-18(28)22-17(3)14-21(29)33-22/h13-14,18-20,22-24,28,30H,7-12,15H2,1-6H3/b16-13+/t18-,19-,20+,22-,23+,24-,25+,26+,27+/m0/s1. The van der Waals surface area contributed by atoms with E-state index in [2.05, 4.69) is 13.8 Å². The van der Waals surface area contributed by atoms with E-state index in [0.29, 0.717) is 18.9 Å². The minimum atomic E-state index is -0.854. The Bertz CT molecular complexity index is 830. The monoisotopic (exact) mass is 462 g/mol. The first-order chi connectivity index (χ1) is 15.4. The number of aliphatic hydroxyl groups is 2. The molecule has 0 radical (unpaired) electrons. The lowest BCUT2D eigenvalue weighted by molar-refractivity contribution is -0.185. The maximum atomic E-state index is 11.6. The second-order valence-corrected chi connectivity index (χ2v) is 11.7. The number of allylic oxidation sites excluding steroid dienone is 1. The third-order valence-corrected chi connectivity index (χ3v) is 9.17. The Morgan fingerprint density at radius 3 is 2.64 bits per heavy atom.